The van der Waals surface area contributed by atoms with Gasteiger partial charge in [-0.1, -0.05) is 58.1 Å². The molecule has 1 aromatic carbocycles. The SMILES string of the molecule is C[CH]C(=O)C(Oc1ccc(CCCCCCCC)cc1)C(=O)CCCC(=O)OC. The zero-order valence-electron chi connectivity index (χ0n) is 18.1. The lowest BCUT2D eigenvalue weighted by Crippen LogP contribution is -2.35. The fraction of sp³-hybridized carbons (Fsp3) is 0.583. The Morgan fingerprint density at radius 2 is 1.59 bits per heavy atom. The van der Waals surface area contributed by atoms with Gasteiger partial charge in [0.05, 0.1) is 7.11 Å². The average molecular weight is 404 g/mol. The molecule has 29 heavy (non-hydrogen) atoms. The first-order valence-electron chi connectivity index (χ1n) is 10.7. The number of benzene rings is 1. The number of carbonyl (C=O) groups is 3. The number of hydrogen-bond donors (Lipinski definition) is 0. The Hall–Kier alpha value is -2.17. The van der Waals surface area contributed by atoms with Gasteiger partial charge in [0, 0.05) is 19.3 Å². The number of carbonyl (C=O) groups excluding carboxylic acids is 3. The van der Waals surface area contributed by atoms with Crippen molar-refractivity contribution < 1.29 is 23.9 Å². The van der Waals surface area contributed by atoms with E-state index < -0.39 is 6.10 Å². The molecule has 5 heteroatoms. The maximum atomic E-state index is 12.4. The van der Waals surface area contributed by atoms with Gasteiger partial charge in [0.2, 0.25) is 6.10 Å². The van der Waals surface area contributed by atoms with Gasteiger partial charge in [0.25, 0.3) is 0 Å². The number of rotatable bonds is 16. The molecule has 1 radical (unpaired) electrons. The van der Waals surface area contributed by atoms with E-state index in [4.69, 9.17) is 4.74 Å². The largest absolute Gasteiger partial charge is 0.475 e. The van der Waals surface area contributed by atoms with Crippen LogP contribution in [0.4, 0.5) is 0 Å². The minimum absolute atomic E-state index is 0.0927. The van der Waals surface area contributed by atoms with Crippen LogP contribution < -0.4 is 4.74 Å². The van der Waals surface area contributed by atoms with Crippen LogP contribution in [-0.4, -0.2) is 30.7 Å². The van der Waals surface area contributed by atoms with Crippen molar-refractivity contribution in [3.8, 4) is 5.75 Å². The number of esters is 1. The van der Waals surface area contributed by atoms with Crippen molar-refractivity contribution in [2.24, 2.45) is 0 Å². The zero-order chi connectivity index (χ0) is 21.5. The maximum Gasteiger partial charge on any atom is 0.305 e. The van der Waals surface area contributed by atoms with Crippen LogP contribution in [0.3, 0.4) is 0 Å². The first-order chi connectivity index (χ1) is 14.0. The van der Waals surface area contributed by atoms with Gasteiger partial charge in [-0.25, -0.2) is 0 Å². The summed E-state index contributed by atoms with van der Waals surface area (Å²) in [5.41, 5.74) is 1.22. The van der Waals surface area contributed by atoms with E-state index in [1.807, 2.05) is 24.3 Å². The normalized spacial score (nSPS) is 11.7. The van der Waals surface area contributed by atoms with Crippen LogP contribution in [0.5, 0.6) is 5.75 Å². The third-order valence-electron chi connectivity index (χ3n) is 4.86. The minimum Gasteiger partial charge on any atom is -0.475 e. The van der Waals surface area contributed by atoms with Crippen molar-refractivity contribution in [3.63, 3.8) is 0 Å². The van der Waals surface area contributed by atoms with Crippen molar-refractivity contribution in [1.82, 2.24) is 0 Å². The summed E-state index contributed by atoms with van der Waals surface area (Å²) in [7, 11) is 1.31. The fourth-order valence-electron chi connectivity index (χ4n) is 3.05. The number of aryl methyl sites for hydroxylation is 1. The molecular formula is C24H35O5. The quantitative estimate of drug-likeness (QED) is 0.220. The van der Waals surface area contributed by atoms with Crippen LogP contribution in [-0.2, 0) is 25.5 Å². The summed E-state index contributed by atoms with van der Waals surface area (Å²) >= 11 is 0. The second-order valence-corrected chi connectivity index (χ2v) is 7.25. The van der Waals surface area contributed by atoms with E-state index in [0.717, 1.165) is 12.8 Å². The molecule has 0 spiro atoms. The summed E-state index contributed by atoms with van der Waals surface area (Å²) in [4.78, 5) is 35.7. The molecule has 0 aliphatic rings. The van der Waals surface area contributed by atoms with Crippen LogP contribution in [0.25, 0.3) is 0 Å². The summed E-state index contributed by atoms with van der Waals surface area (Å²) in [5, 5.41) is 0. The topological polar surface area (TPSA) is 69.7 Å². The second-order valence-electron chi connectivity index (χ2n) is 7.25. The van der Waals surface area contributed by atoms with Crippen LogP contribution >= 0.6 is 0 Å². The van der Waals surface area contributed by atoms with Crippen LogP contribution in [0, 0.1) is 6.42 Å². The highest BCUT2D eigenvalue weighted by atomic mass is 16.5. The molecule has 0 heterocycles. The molecule has 1 unspecified atom stereocenters. The highest BCUT2D eigenvalue weighted by Crippen LogP contribution is 2.18. The lowest BCUT2D eigenvalue weighted by Gasteiger charge is -2.16. The first kappa shape index (κ1) is 24.9. The van der Waals surface area contributed by atoms with E-state index in [9.17, 15) is 14.4 Å². The van der Waals surface area contributed by atoms with Gasteiger partial charge in [-0.05, 0) is 37.0 Å². The van der Waals surface area contributed by atoms with E-state index in [2.05, 4.69) is 11.7 Å². The second kappa shape index (κ2) is 14.8. The molecule has 0 aliphatic carbocycles. The minimum atomic E-state index is -1.16. The molecule has 0 aliphatic heterocycles. The predicted octanol–water partition coefficient (Wildman–Crippen LogP) is 5.04. The molecule has 0 saturated heterocycles. The summed E-state index contributed by atoms with van der Waals surface area (Å²) in [6, 6.07) is 7.59. The Kier molecular flexibility index (Phi) is 12.7. The third kappa shape index (κ3) is 10.2. The van der Waals surface area contributed by atoms with Gasteiger partial charge >= 0.3 is 5.97 Å². The summed E-state index contributed by atoms with van der Waals surface area (Å²) in [6.07, 6.45) is 9.32. The van der Waals surface area contributed by atoms with Gasteiger partial charge in [-0.2, -0.15) is 0 Å². The fourth-order valence-corrected chi connectivity index (χ4v) is 3.05. The Bertz CT molecular complexity index is 621. The lowest BCUT2D eigenvalue weighted by molar-refractivity contribution is -0.140. The van der Waals surface area contributed by atoms with E-state index in [0.29, 0.717) is 12.2 Å². The van der Waals surface area contributed by atoms with Gasteiger partial charge in [0.15, 0.2) is 11.6 Å². The molecule has 0 aromatic heterocycles. The molecule has 1 rings (SSSR count). The smallest absolute Gasteiger partial charge is 0.305 e. The van der Waals surface area contributed by atoms with Crippen molar-refractivity contribution in [1.29, 1.82) is 0 Å². The summed E-state index contributed by atoms with van der Waals surface area (Å²) in [5.74, 6) is -0.569. The molecule has 0 amide bonds. The maximum absolute atomic E-state index is 12.4. The Morgan fingerprint density at radius 3 is 2.21 bits per heavy atom. The number of Topliss-reactive ketones (excluding diaryl/α,β-unsaturated/α-hetero) is 2. The molecule has 0 N–H and O–H groups in total. The molecule has 0 fully saturated rings. The van der Waals surface area contributed by atoms with Crippen LogP contribution in [0.2, 0.25) is 0 Å². The van der Waals surface area contributed by atoms with E-state index >= 15 is 0 Å². The monoisotopic (exact) mass is 403 g/mol. The number of ether oxygens (including phenoxy) is 2. The van der Waals surface area contributed by atoms with E-state index in [1.54, 1.807) is 6.92 Å². The Balaban J connectivity index is 2.53. The predicted molar refractivity (Wildman–Crippen MR) is 114 cm³/mol. The molecule has 1 aromatic rings. The highest BCUT2D eigenvalue weighted by Gasteiger charge is 2.27. The highest BCUT2D eigenvalue weighted by molar-refractivity contribution is 6.09. The molecular weight excluding hydrogens is 368 g/mol. The van der Waals surface area contributed by atoms with E-state index in [1.165, 1.54) is 51.2 Å². The van der Waals surface area contributed by atoms with Crippen LogP contribution in [0.1, 0.15) is 77.2 Å². The van der Waals surface area contributed by atoms with Gasteiger partial charge in [-0.15, -0.1) is 0 Å². The van der Waals surface area contributed by atoms with Crippen molar-refractivity contribution in [2.75, 3.05) is 7.11 Å². The Labute approximate surface area is 175 Å². The summed E-state index contributed by atoms with van der Waals surface area (Å²) in [6.45, 7) is 3.81. The standard InChI is InChI=1S/C24H35O5/c1-4-6-7-8-9-10-12-19-15-17-20(18-16-19)29-24(21(25)5-2)22(26)13-11-14-23(27)28-3/h5,15-18,24H,4,6-14H2,1-3H3. The molecule has 161 valence electrons. The van der Waals surface area contributed by atoms with Crippen LogP contribution in [0.15, 0.2) is 24.3 Å². The zero-order valence-corrected chi connectivity index (χ0v) is 18.1. The Morgan fingerprint density at radius 1 is 0.931 bits per heavy atom. The van der Waals surface area contributed by atoms with Crippen molar-refractivity contribution >= 4 is 17.5 Å². The molecule has 1 atom stereocenters. The van der Waals surface area contributed by atoms with Gasteiger partial charge < -0.3 is 9.47 Å². The number of methoxy groups -OCH3 is 1. The van der Waals surface area contributed by atoms with Crippen molar-refractivity contribution in [3.05, 3.63) is 36.2 Å². The third-order valence-corrected chi connectivity index (χ3v) is 4.86. The lowest BCUT2D eigenvalue weighted by atomic mass is 10.0. The summed E-state index contributed by atoms with van der Waals surface area (Å²) < 4.78 is 10.3. The number of ketones is 2. The molecule has 5 nitrogen and oxygen atoms in total. The molecule has 0 bridgehead atoms. The van der Waals surface area contributed by atoms with Crippen molar-refractivity contribution in [2.45, 2.75) is 84.2 Å². The average Bonchev–Trinajstić information content (AvgIpc) is 2.74. The molecule has 0 saturated carbocycles. The number of unbranched alkanes of at least 4 members (excludes halogenated alkanes) is 5. The first-order valence-corrected chi connectivity index (χ1v) is 10.7. The van der Waals surface area contributed by atoms with Gasteiger partial charge in [0.1, 0.15) is 5.75 Å². The van der Waals surface area contributed by atoms with Gasteiger partial charge in [-0.3, -0.25) is 14.4 Å². The number of hydrogen-bond acceptors (Lipinski definition) is 5. The van der Waals surface area contributed by atoms with E-state index in [-0.39, 0.29) is 30.4 Å².